The number of sulfonamides is 1. The van der Waals surface area contributed by atoms with E-state index < -0.39 is 20.9 Å². The summed E-state index contributed by atoms with van der Waals surface area (Å²) < 4.78 is 27.7. The molecule has 21 heavy (non-hydrogen) atoms. The Hall–Kier alpha value is -2.16. The van der Waals surface area contributed by atoms with Gasteiger partial charge in [-0.2, -0.15) is 0 Å². The Balaban J connectivity index is 2.56. The summed E-state index contributed by atoms with van der Waals surface area (Å²) in [5.74, 6) is -0.957. The number of nitrogens with two attached hydrogens (primary N) is 1. The summed E-state index contributed by atoms with van der Waals surface area (Å²) in [5.41, 5.74) is -0.359. The number of benzene rings is 1. The molecule has 0 radical (unpaired) electrons. The van der Waals surface area contributed by atoms with Gasteiger partial charge in [0.15, 0.2) is 0 Å². The molecule has 0 amide bonds. The van der Waals surface area contributed by atoms with Crippen molar-refractivity contribution in [3.63, 3.8) is 0 Å². The largest absolute Gasteiger partial charge is 0.478 e. The van der Waals surface area contributed by atoms with E-state index in [-0.39, 0.29) is 16.3 Å². The first kappa shape index (κ1) is 15.2. The van der Waals surface area contributed by atoms with Crippen molar-refractivity contribution in [3.8, 4) is 0 Å². The van der Waals surface area contributed by atoms with Crippen molar-refractivity contribution in [2.75, 3.05) is 0 Å². The summed E-state index contributed by atoms with van der Waals surface area (Å²) in [7, 11) is -4.13. The monoisotopic (exact) mass is 328 g/mol. The molecule has 7 nitrogen and oxygen atoms in total. The zero-order chi connectivity index (χ0) is 15.6. The highest BCUT2D eigenvalue weighted by molar-refractivity contribution is 7.89. The minimum atomic E-state index is -4.13. The number of carbonyl (C=O) groups is 1. The maximum absolute atomic E-state index is 11.3. The van der Waals surface area contributed by atoms with Gasteiger partial charge in [-0.05, 0) is 24.3 Å². The number of hydrogen-bond donors (Lipinski definition) is 2. The highest BCUT2D eigenvalue weighted by atomic mass is 35.5. The standard InChI is InChI=1S/C12H9ClN2O5S/c13-9-5-10(15-6-7-2-1-3-20-7)8(12(16)17)4-11(9)21(14,18)19/h1-6H,(H,16,17)(H2,14,18,19). The fourth-order valence-corrected chi connectivity index (χ4v) is 2.63. The van der Waals surface area contributed by atoms with E-state index in [1.165, 1.54) is 12.5 Å². The van der Waals surface area contributed by atoms with E-state index in [0.717, 1.165) is 12.1 Å². The van der Waals surface area contributed by atoms with Gasteiger partial charge in [0.25, 0.3) is 0 Å². The van der Waals surface area contributed by atoms with Crippen LogP contribution in [0, 0.1) is 0 Å². The summed E-state index contributed by atoms with van der Waals surface area (Å²) in [6.07, 6.45) is 2.71. The van der Waals surface area contributed by atoms with Gasteiger partial charge >= 0.3 is 5.97 Å². The molecule has 1 heterocycles. The molecule has 3 N–H and O–H groups in total. The van der Waals surface area contributed by atoms with Crippen LogP contribution in [-0.2, 0) is 10.0 Å². The molecule has 0 fully saturated rings. The lowest BCUT2D eigenvalue weighted by molar-refractivity contribution is 0.0697. The van der Waals surface area contributed by atoms with Crippen molar-refractivity contribution in [2.24, 2.45) is 10.1 Å². The van der Waals surface area contributed by atoms with E-state index in [4.69, 9.17) is 26.3 Å². The van der Waals surface area contributed by atoms with E-state index >= 15 is 0 Å². The number of carboxylic acid groups (broad SMARTS) is 1. The molecule has 0 aliphatic rings. The smallest absolute Gasteiger partial charge is 0.337 e. The molecule has 2 aromatic rings. The fraction of sp³-hybridized carbons (Fsp3) is 0. The lowest BCUT2D eigenvalue weighted by atomic mass is 10.2. The summed E-state index contributed by atoms with van der Waals surface area (Å²) >= 11 is 5.80. The van der Waals surface area contributed by atoms with Crippen LogP contribution in [0.5, 0.6) is 0 Å². The maximum Gasteiger partial charge on any atom is 0.337 e. The number of furan rings is 1. The summed E-state index contributed by atoms with van der Waals surface area (Å²) in [5, 5.41) is 13.9. The van der Waals surface area contributed by atoms with Crippen LogP contribution in [0.15, 0.2) is 44.8 Å². The number of carboxylic acids is 1. The number of rotatable bonds is 4. The number of primary sulfonamides is 1. The lowest BCUT2D eigenvalue weighted by Gasteiger charge is -2.06. The van der Waals surface area contributed by atoms with Crippen LogP contribution in [0.1, 0.15) is 16.1 Å². The van der Waals surface area contributed by atoms with Crippen LogP contribution >= 0.6 is 11.6 Å². The third kappa shape index (κ3) is 3.48. The average Bonchev–Trinajstić information content (AvgIpc) is 2.87. The van der Waals surface area contributed by atoms with Gasteiger partial charge in [-0.1, -0.05) is 11.6 Å². The second-order valence-electron chi connectivity index (χ2n) is 3.92. The lowest BCUT2D eigenvalue weighted by Crippen LogP contribution is -2.14. The van der Waals surface area contributed by atoms with E-state index in [9.17, 15) is 13.2 Å². The Labute approximate surface area is 124 Å². The van der Waals surface area contributed by atoms with E-state index in [1.54, 1.807) is 12.1 Å². The molecule has 110 valence electrons. The molecule has 0 spiro atoms. The number of hydrogen-bond acceptors (Lipinski definition) is 5. The van der Waals surface area contributed by atoms with Crippen molar-refractivity contribution in [1.82, 2.24) is 0 Å². The zero-order valence-electron chi connectivity index (χ0n) is 10.4. The van der Waals surface area contributed by atoms with Crippen molar-refractivity contribution in [3.05, 3.63) is 46.9 Å². The van der Waals surface area contributed by atoms with Crippen LogP contribution in [0.25, 0.3) is 0 Å². The highest BCUT2D eigenvalue weighted by Crippen LogP contribution is 2.30. The molecular formula is C12H9ClN2O5S. The number of aromatic carboxylic acids is 1. The van der Waals surface area contributed by atoms with Gasteiger partial charge in [0, 0.05) is 0 Å². The second kappa shape index (κ2) is 5.68. The molecular weight excluding hydrogens is 320 g/mol. The Kier molecular flexibility index (Phi) is 4.12. The SMILES string of the molecule is NS(=O)(=O)c1cc(C(=O)O)c(N=Cc2ccco2)cc1Cl. The average molecular weight is 329 g/mol. The van der Waals surface area contributed by atoms with Gasteiger partial charge in [0.05, 0.1) is 28.8 Å². The third-order valence-corrected chi connectivity index (χ3v) is 3.84. The molecule has 0 saturated carbocycles. The second-order valence-corrected chi connectivity index (χ2v) is 5.86. The normalized spacial score (nSPS) is 11.9. The third-order valence-electron chi connectivity index (χ3n) is 2.46. The van der Waals surface area contributed by atoms with Crippen LogP contribution in [0.2, 0.25) is 5.02 Å². The van der Waals surface area contributed by atoms with Crippen molar-refractivity contribution in [2.45, 2.75) is 4.90 Å². The van der Waals surface area contributed by atoms with Crippen molar-refractivity contribution < 1.29 is 22.7 Å². The molecule has 0 saturated heterocycles. The fourth-order valence-electron chi connectivity index (χ4n) is 1.54. The Morgan fingerprint density at radius 3 is 2.67 bits per heavy atom. The minimum absolute atomic E-state index is 0.0173. The van der Waals surface area contributed by atoms with Gasteiger partial charge in [-0.3, -0.25) is 4.99 Å². The van der Waals surface area contributed by atoms with Gasteiger partial charge in [0.1, 0.15) is 10.7 Å². The minimum Gasteiger partial charge on any atom is -0.478 e. The molecule has 9 heteroatoms. The molecule has 0 aliphatic heterocycles. The van der Waals surface area contributed by atoms with Gasteiger partial charge < -0.3 is 9.52 Å². The molecule has 1 aromatic heterocycles. The summed E-state index contributed by atoms with van der Waals surface area (Å²) in [4.78, 5) is 14.7. The molecule has 0 unspecified atom stereocenters. The van der Waals surface area contributed by atoms with Gasteiger partial charge in [-0.25, -0.2) is 18.4 Å². The first-order chi connectivity index (χ1) is 9.79. The van der Waals surface area contributed by atoms with Crippen molar-refractivity contribution in [1.29, 1.82) is 0 Å². The van der Waals surface area contributed by atoms with Crippen LogP contribution in [-0.4, -0.2) is 25.7 Å². The first-order valence-corrected chi connectivity index (χ1v) is 7.38. The zero-order valence-corrected chi connectivity index (χ0v) is 11.9. The van der Waals surface area contributed by atoms with Gasteiger partial charge in [-0.15, -0.1) is 0 Å². The van der Waals surface area contributed by atoms with Crippen molar-refractivity contribution >= 4 is 39.5 Å². The van der Waals surface area contributed by atoms with Crippen LogP contribution < -0.4 is 5.14 Å². The predicted octanol–water partition coefficient (Wildman–Crippen LogP) is 2.03. The quantitative estimate of drug-likeness (QED) is 0.831. The first-order valence-electron chi connectivity index (χ1n) is 5.46. The highest BCUT2D eigenvalue weighted by Gasteiger charge is 2.19. The number of aliphatic imine (C=N–C) groups is 1. The Bertz CT molecular complexity index is 812. The Morgan fingerprint density at radius 2 is 2.14 bits per heavy atom. The van der Waals surface area contributed by atoms with E-state index in [2.05, 4.69) is 4.99 Å². The number of nitrogens with zero attached hydrogens (tertiary/aromatic N) is 1. The maximum atomic E-state index is 11.3. The molecule has 0 aliphatic carbocycles. The molecule has 2 rings (SSSR count). The molecule has 1 aromatic carbocycles. The molecule has 0 atom stereocenters. The molecule has 0 bridgehead atoms. The summed E-state index contributed by atoms with van der Waals surface area (Å²) in [6, 6.07) is 5.24. The van der Waals surface area contributed by atoms with Gasteiger partial charge in [0.2, 0.25) is 10.0 Å². The Morgan fingerprint density at radius 1 is 1.43 bits per heavy atom. The summed E-state index contributed by atoms with van der Waals surface area (Å²) in [6.45, 7) is 0. The van der Waals surface area contributed by atoms with E-state index in [1.807, 2.05) is 0 Å². The topological polar surface area (TPSA) is 123 Å². The van der Waals surface area contributed by atoms with Crippen LogP contribution in [0.4, 0.5) is 5.69 Å². The van der Waals surface area contributed by atoms with E-state index in [0.29, 0.717) is 5.76 Å². The van der Waals surface area contributed by atoms with Crippen LogP contribution in [0.3, 0.4) is 0 Å². The number of halogens is 1. The predicted molar refractivity (Wildman–Crippen MR) is 75.7 cm³/mol.